The number of rotatable bonds is 21. The fourth-order valence-corrected chi connectivity index (χ4v) is 17.6. The van der Waals surface area contributed by atoms with Crippen LogP contribution in [0.5, 0.6) is 0 Å². The van der Waals surface area contributed by atoms with Gasteiger partial charge in [-0.05, 0) is 93.8 Å². The molecule has 0 aromatic heterocycles. The predicted molar refractivity (Wildman–Crippen MR) is 323 cm³/mol. The Balaban J connectivity index is 1.32. The molecule has 2 aromatic rings. The van der Waals surface area contributed by atoms with Crippen molar-refractivity contribution in [1.29, 1.82) is 0 Å². The molecule has 0 bridgehead atoms. The molecule has 0 saturated carbocycles. The van der Waals surface area contributed by atoms with Gasteiger partial charge in [0, 0.05) is 39.0 Å². The van der Waals surface area contributed by atoms with Gasteiger partial charge in [-0.1, -0.05) is 27.7 Å². The Morgan fingerprint density at radius 2 is 1.40 bits per heavy atom. The average molecular weight is 1160 g/mol. The van der Waals surface area contributed by atoms with Gasteiger partial charge in [0.2, 0.25) is 0 Å². The maximum atomic E-state index is 15.1. The number of aliphatic hydroxyl groups excluding tert-OH is 1. The van der Waals surface area contributed by atoms with Gasteiger partial charge in [-0.25, -0.2) is 4.79 Å². The maximum absolute atomic E-state index is 15.1. The van der Waals surface area contributed by atoms with E-state index in [-0.39, 0.29) is 37.3 Å². The molecule has 18 atom stereocenters. The monoisotopic (exact) mass is 1160 g/mol. The van der Waals surface area contributed by atoms with E-state index < -0.39 is 115 Å². The fourth-order valence-electron chi connectivity index (χ4n) is 13.9. The predicted octanol–water partition coefficient (Wildman–Crippen LogP) is 8.63. The fraction of sp³-hybridized carbons (Fsp3) is 0.766. The number of esters is 2. The molecule has 3 fully saturated rings. The number of ether oxygens (including phenoxy) is 7. The zero-order chi connectivity index (χ0) is 60.0. The molecule has 0 radical (unpaired) electrons. The normalized spacial score (nSPS) is 36.2. The molecule has 3 heterocycles. The Morgan fingerprint density at radius 1 is 0.827 bits per heavy atom. The molecule has 17 heteroatoms. The van der Waals surface area contributed by atoms with E-state index in [9.17, 15) is 24.9 Å². The third-order valence-corrected chi connectivity index (χ3v) is 23.3. The summed E-state index contributed by atoms with van der Waals surface area (Å²) in [6, 6.07) is 21.2. The SMILES string of the molecule is CC[C@H]1OC(=O)[C@H](C)C([C@H]2C[C@@](C)(OC)[C@@H](O)[C@H](C)O2)[C@H](C)[C@@H](O[C@@H]2O[C@H](C)C[C@H](N(C)C)[C@H]2OC(C)=O)[C@](C)(O)C[C@@H](C)CN(C)[C@H](C)[C@@H](OC(=O)NCCCCCCCCCC[PH](C)(c2ccccc2)c2ccccc2)[C@]1(C)O. The second kappa shape index (κ2) is 30.7. The number of nitrogens with zero attached hydrogens (tertiary/aromatic N) is 2. The molecule has 1 amide bonds. The van der Waals surface area contributed by atoms with Crippen LogP contribution < -0.4 is 15.9 Å². The van der Waals surface area contributed by atoms with Crippen LogP contribution in [0.3, 0.4) is 0 Å². The number of methoxy groups -OCH3 is 1. The molecule has 3 saturated heterocycles. The van der Waals surface area contributed by atoms with Crippen LogP contribution in [0, 0.1) is 23.7 Å². The summed E-state index contributed by atoms with van der Waals surface area (Å²) in [7, 11) is 5.42. The number of carbonyl (C=O) groups is 3. The zero-order valence-corrected chi connectivity index (χ0v) is 53.4. The summed E-state index contributed by atoms with van der Waals surface area (Å²) >= 11 is 0. The molecule has 4 N–H and O–H groups in total. The largest absolute Gasteiger partial charge is 0.382 e. The first-order chi connectivity index (χ1) is 38.1. The Morgan fingerprint density at radius 3 is 1.94 bits per heavy atom. The number of carbonyl (C=O) groups excluding carboxylic acids is 3. The van der Waals surface area contributed by atoms with Crippen LogP contribution in [0.1, 0.15) is 153 Å². The van der Waals surface area contributed by atoms with Crippen LogP contribution in [0.4, 0.5) is 4.79 Å². The van der Waals surface area contributed by atoms with Gasteiger partial charge in [-0.3, -0.25) is 14.5 Å². The molecule has 462 valence electrons. The number of aliphatic hydroxyl groups is 3. The van der Waals surface area contributed by atoms with Gasteiger partial charge in [-0.15, -0.1) is 0 Å². The van der Waals surface area contributed by atoms with E-state index >= 15 is 4.79 Å². The van der Waals surface area contributed by atoms with Gasteiger partial charge in [-0.2, -0.15) is 0 Å². The molecular weight excluding hydrogens is 1050 g/mol. The molecule has 0 aliphatic carbocycles. The van der Waals surface area contributed by atoms with E-state index in [1.54, 1.807) is 27.7 Å². The van der Waals surface area contributed by atoms with E-state index in [1.165, 1.54) is 56.5 Å². The Kier molecular flexibility index (Phi) is 26.0. The molecule has 81 heavy (non-hydrogen) atoms. The summed E-state index contributed by atoms with van der Waals surface area (Å²) in [5.41, 5.74) is -4.56. The van der Waals surface area contributed by atoms with E-state index in [1.807, 2.05) is 72.5 Å². The molecule has 0 spiro atoms. The topological polar surface area (TPSA) is 195 Å². The van der Waals surface area contributed by atoms with Gasteiger partial charge in [0.1, 0.15) is 17.8 Å². The van der Waals surface area contributed by atoms with E-state index in [0.29, 0.717) is 19.5 Å². The number of hydrogen-bond donors (Lipinski definition) is 4. The maximum Gasteiger partial charge on any atom is 0.137 e. The summed E-state index contributed by atoms with van der Waals surface area (Å²) in [6.45, 7) is 22.8. The standard InChI is InChI=1S/C64H108N3O13P/c1-17-53-64(11,73)58(80-61(71)65-36-30-22-20-18-19-21-23-31-37-81(16,49-32-26-24-27-33-49)50-34-28-25-29-35-50)46(6)67(14)41-42(2)39-62(9,72)57(79-60-55(77-48(8)68)51(66(12)13)38-43(3)75-60)44(4)54(45(5)59(70)78-53)52-40-63(10,74-15)56(69)47(7)76-52/h24-29,32-35,42-47,51-58,60,69,72-73,81H,17-23,30-31,36-41H2,1-16H3,(H,65,71)/t42-,43-,44+,45-,46-,47+,51+,52-,53-,54?,55-,56+,57-,58-,60+,62-,63-,64-/m1/s1. The number of alkyl carbamates (subject to hydrolysis) is 1. The summed E-state index contributed by atoms with van der Waals surface area (Å²) < 4.78 is 45.0. The number of cyclic esters (lactones) is 1. The van der Waals surface area contributed by atoms with Crippen molar-refractivity contribution in [3.05, 3.63) is 60.7 Å². The van der Waals surface area contributed by atoms with Gasteiger partial charge in [0.05, 0.1) is 47.6 Å². The van der Waals surface area contributed by atoms with Gasteiger partial charge in [0.25, 0.3) is 0 Å². The van der Waals surface area contributed by atoms with Crippen molar-refractivity contribution in [3.63, 3.8) is 0 Å². The van der Waals surface area contributed by atoms with Crippen molar-refractivity contribution in [2.45, 2.75) is 237 Å². The molecule has 1 unspecified atom stereocenters. The number of amides is 1. The number of likely N-dealkylation sites (N-methyl/N-ethyl adjacent to an activating group) is 2. The first-order valence-corrected chi connectivity index (χ1v) is 33.3. The Labute approximate surface area is 487 Å². The molecule has 2 aromatic carbocycles. The Bertz CT molecular complexity index is 2190. The van der Waals surface area contributed by atoms with Crippen LogP contribution >= 0.6 is 7.26 Å². The number of hydrogen-bond acceptors (Lipinski definition) is 15. The smallest absolute Gasteiger partial charge is 0.137 e. The van der Waals surface area contributed by atoms with Gasteiger partial charge < -0.3 is 53.4 Å². The van der Waals surface area contributed by atoms with Crippen molar-refractivity contribution in [2.24, 2.45) is 23.7 Å². The minimum atomic E-state index is -1.88. The average Bonchev–Trinajstić information content (AvgIpc) is 3.57. The number of unbranched alkanes of at least 4 members (excludes halogenated alkanes) is 7. The first-order valence-electron chi connectivity index (χ1n) is 30.6. The van der Waals surface area contributed by atoms with Crippen molar-refractivity contribution in [3.8, 4) is 0 Å². The third kappa shape index (κ3) is 17.9. The van der Waals surface area contributed by atoms with Crippen LogP contribution in [0.15, 0.2) is 60.7 Å². The van der Waals surface area contributed by atoms with Gasteiger partial charge in [0.15, 0.2) is 18.5 Å². The van der Waals surface area contributed by atoms with Crippen molar-refractivity contribution in [1.82, 2.24) is 15.1 Å². The van der Waals surface area contributed by atoms with Crippen molar-refractivity contribution in [2.75, 3.05) is 54.2 Å². The number of nitrogens with one attached hydrogen (secondary N) is 1. The Hall–Kier alpha value is -3.28. The van der Waals surface area contributed by atoms with Crippen molar-refractivity contribution >= 4 is 35.9 Å². The zero-order valence-electron chi connectivity index (χ0n) is 52.4. The first kappa shape index (κ1) is 68.5. The molecule has 16 nitrogen and oxygen atoms in total. The molecule has 3 aliphatic rings. The quantitative estimate of drug-likeness (QED) is 0.0401. The second-order valence-corrected chi connectivity index (χ2v) is 30.1. The molecular formula is C64H108N3O13P. The second-order valence-electron chi connectivity index (χ2n) is 25.8. The van der Waals surface area contributed by atoms with Gasteiger partial charge >= 0.3 is 173 Å². The van der Waals surface area contributed by atoms with Crippen molar-refractivity contribution < 1.29 is 62.9 Å². The van der Waals surface area contributed by atoms with E-state index in [2.05, 4.69) is 72.6 Å². The number of benzene rings is 2. The third-order valence-electron chi connectivity index (χ3n) is 18.7. The van der Waals surface area contributed by atoms with Crippen LogP contribution in [-0.2, 0) is 42.7 Å². The molecule has 3 aliphatic heterocycles. The summed E-state index contributed by atoms with van der Waals surface area (Å²) in [6.07, 6.45) is 2.33. The van der Waals surface area contributed by atoms with Crippen LogP contribution in [0.2, 0.25) is 0 Å². The minimum absolute atomic E-state index is 0.178. The van der Waals surface area contributed by atoms with Crippen LogP contribution in [-0.4, -0.2) is 181 Å². The van der Waals surface area contributed by atoms with E-state index in [4.69, 9.17) is 33.2 Å². The minimum Gasteiger partial charge on any atom is -0.382 e. The summed E-state index contributed by atoms with van der Waals surface area (Å²) in [4.78, 5) is 45.6. The van der Waals surface area contributed by atoms with Crippen LogP contribution in [0.25, 0.3) is 0 Å². The van der Waals surface area contributed by atoms with E-state index in [0.717, 1.165) is 25.7 Å². The molecule has 5 rings (SSSR count). The summed E-state index contributed by atoms with van der Waals surface area (Å²) in [5, 5.41) is 43.2. The summed E-state index contributed by atoms with van der Waals surface area (Å²) in [5.74, 6) is -3.78.